The minimum absolute atomic E-state index is 0.187. The molecule has 1 aliphatic heterocycles. The summed E-state index contributed by atoms with van der Waals surface area (Å²) >= 11 is 0. The highest BCUT2D eigenvalue weighted by Crippen LogP contribution is 2.49. The van der Waals surface area contributed by atoms with Gasteiger partial charge in [0, 0.05) is 18.8 Å². The smallest absolute Gasteiger partial charge is 0.406 e. The van der Waals surface area contributed by atoms with Crippen molar-refractivity contribution in [2.24, 2.45) is 0 Å². The molecule has 1 N–H and O–H groups in total. The highest BCUT2D eigenvalue weighted by atomic mass is 19.4. The molecule has 2 aliphatic rings. The predicted molar refractivity (Wildman–Crippen MR) is 107 cm³/mol. The van der Waals surface area contributed by atoms with Gasteiger partial charge in [0.25, 0.3) is 5.91 Å². The Morgan fingerprint density at radius 1 is 1.16 bits per heavy atom. The molecular weight excluding hydrogens is 413 g/mol. The van der Waals surface area contributed by atoms with Gasteiger partial charge in [-0.25, -0.2) is 14.7 Å². The monoisotopic (exact) mass is 434 g/mol. The quantitative estimate of drug-likeness (QED) is 0.686. The maximum absolute atomic E-state index is 13.1. The Hall–Kier alpha value is -3.30. The van der Waals surface area contributed by atoms with E-state index in [1.54, 1.807) is 12.3 Å². The molecule has 2 aromatic rings. The molecule has 164 valence electrons. The second kappa shape index (κ2) is 7.44. The van der Waals surface area contributed by atoms with Crippen LogP contribution < -0.4 is 15.0 Å². The first-order chi connectivity index (χ1) is 14.6. The highest BCUT2D eigenvalue weighted by Gasteiger charge is 2.65. The van der Waals surface area contributed by atoms with Crippen LogP contribution in [0.25, 0.3) is 0 Å². The van der Waals surface area contributed by atoms with Gasteiger partial charge < -0.3 is 15.0 Å². The molecule has 0 unspecified atom stereocenters. The zero-order valence-electron chi connectivity index (χ0n) is 16.9. The summed E-state index contributed by atoms with van der Waals surface area (Å²) in [5.41, 5.74) is 0.129. The molecule has 0 radical (unpaired) electrons. The number of alkyl halides is 3. The molecule has 1 spiro atoms. The molecule has 7 nitrogen and oxygen atoms in total. The van der Waals surface area contributed by atoms with Gasteiger partial charge in [-0.05, 0) is 68.7 Å². The lowest BCUT2D eigenvalue weighted by atomic mass is 10.2. The molecule has 10 heteroatoms. The van der Waals surface area contributed by atoms with Crippen LogP contribution >= 0.6 is 0 Å². The fourth-order valence-corrected chi connectivity index (χ4v) is 3.69. The van der Waals surface area contributed by atoms with Gasteiger partial charge in [-0.15, -0.1) is 13.2 Å². The second-order valence-electron chi connectivity index (χ2n) is 7.93. The van der Waals surface area contributed by atoms with E-state index in [-0.39, 0.29) is 24.2 Å². The molecule has 2 heterocycles. The third-order valence-electron chi connectivity index (χ3n) is 5.19. The van der Waals surface area contributed by atoms with Crippen molar-refractivity contribution in [3.8, 4) is 5.75 Å². The van der Waals surface area contributed by atoms with Gasteiger partial charge in [-0.1, -0.05) is 0 Å². The first-order valence-corrected chi connectivity index (χ1v) is 9.82. The van der Waals surface area contributed by atoms with Gasteiger partial charge in [-0.3, -0.25) is 4.79 Å². The average Bonchev–Trinajstić information content (AvgIpc) is 3.44. The van der Waals surface area contributed by atoms with E-state index >= 15 is 0 Å². The van der Waals surface area contributed by atoms with Crippen molar-refractivity contribution >= 4 is 23.4 Å². The van der Waals surface area contributed by atoms with Crippen LogP contribution in [0.4, 0.5) is 29.5 Å². The number of hydrogen-bond donors (Lipinski definition) is 1. The molecule has 1 aliphatic carbocycles. The maximum Gasteiger partial charge on any atom is 0.573 e. The second-order valence-corrected chi connectivity index (χ2v) is 7.93. The average molecular weight is 434 g/mol. The number of imide groups is 1. The molecule has 1 aromatic heterocycles. The molecule has 4 rings (SSSR count). The Balaban J connectivity index is 1.56. The van der Waals surface area contributed by atoms with E-state index in [4.69, 9.17) is 0 Å². The van der Waals surface area contributed by atoms with Gasteiger partial charge >= 0.3 is 12.4 Å². The molecule has 1 saturated carbocycles. The fourth-order valence-electron chi connectivity index (χ4n) is 3.69. The third-order valence-corrected chi connectivity index (χ3v) is 5.19. The van der Waals surface area contributed by atoms with Crippen LogP contribution in [0.3, 0.4) is 0 Å². The Morgan fingerprint density at radius 2 is 1.84 bits per heavy atom. The van der Waals surface area contributed by atoms with Crippen molar-refractivity contribution in [1.29, 1.82) is 0 Å². The summed E-state index contributed by atoms with van der Waals surface area (Å²) in [7, 11) is 0. The molecule has 0 bridgehead atoms. The zero-order valence-corrected chi connectivity index (χ0v) is 16.9. The number of ether oxygens (including phenoxy) is 1. The largest absolute Gasteiger partial charge is 0.573 e. The van der Waals surface area contributed by atoms with Crippen LogP contribution in [-0.4, -0.2) is 39.8 Å². The number of nitrogens with zero attached hydrogens (tertiary/aromatic N) is 3. The van der Waals surface area contributed by atoms with Crippen molar-refractivity contribution < 1.29 is 27.5 Å². The molecule has 2 fully saturated rings. The lowest BCUT2D eigenvalue weighted by Crippen LogP contribution is -2.36. The summed E-state index contributed by atoms with van der Waals surface area (Å²) in [6.07, 6.45) is -2.08. The van der Waals surface area contributed by atoms with Crippen LogP contribution in [0, 0.1) is 0 Å². The SMILES string of the molecule is CC(C)Nc1cc(CN2C(=O)N(c3ccc(OC(F)(F)F)cc3)C(=O)C23CC3)ccn1. The minimum Gasteiger partial charge on any atom is -0.406 e. The number of carbonyl (C=O) groups excluding carboxylic acids is 2. The minimum atomic E-state index is -4.82. The highest BCUT2D eigenvalue weighted by molar-refractivity contribution is 6.24. The summed E-state index contributed by atoms with van der Waals surface area (Å²) in [4.78, 5) is 33.0. The summed E-state index contributed by atoms with van der Waals surface area (Å²) in [6, 6.07) is 8.01. The summed E-state index contributed by atoms with van der Waals surface area (Å²) < 4.78 is 41.0. The number of pyridine rings is 1. The molecule has 3 amide bonds. The van der Waals surface area contributed by atoms with E-state index in [1.807, 2.05) is 19.9 Å². The van der Waals surface area contributed by atoms with Gasteiger partial charge in [0.1, 0.15) is 17.1 Å². The van der Waals surface area contributed by atoms with Gasteiger partial charge in [0.05, 0.1) is 5.69 Å². The molecular formula is C21H21F3N4O3. The van der Waals surface area contributed by atoms with E-state index < -0.39 is 23.7 Å². The van der Waals surface area contributed by atoms with E-state index in [0.29, 0.717) is 18.7 Å². The van der Waals surface area contributed by atoms with Crippen LogP contribution in [-0.2, 0) is 11.3 Å². The first-order valence-electron chi connectivity index (χ1n) is 9.82. The standard InChI is InChI=1S/C21H21F3N4O3/c1-13(2)26-17-11-14(7-10-25-17)12-27-19(30)28(18(29)20(27)8-9-20)15-3-5-16(6-4-15)31-21(22,23)24/h3-7,10-11,13H,8-9,12H2,1-2H3,(H,25,26). The Bertz CT molecular complexity index is 1000. The molecule has 1 saturated heterocycles. The lowest BCUT2D eigenvalue weighted by molar-refractivity contribution is -0.274. The Kier molecular flexibility index (Phi) is 5.03. The topological polar surface area (TPSA) is 74.8 Å². The van der Waals surface area contributed by atoms with E-state index in [0.717, 1.165) is 22.6 Å². The first kappa shape index (κ1) is 21.0. The van der Waals surface area contributed by atoms with Crippen molar-refractivity contribution in [1.82, 2.24) is 9.88 Å². The number of rotatable bonds is 6. The lowest BCUT2D eigenvalue weighted by Gasteiger charge is -2.21. The van der Waals surface area contributed by atoms with Crippen LogP contribution in [0.15, 0.2) is 42.6 Å². The fraction of sp³-hybridized carbons (Fsp3) is 0.381. The van der Waals surface area contributed by atoms with Gasteiger partial charge in [0.15, 0.2) is 0 Å². The number of amides is 3. The third kappa shape index (κ3) is 4.14. The van der Waals surface area contributed by atoms with E-state index in [2.05, 4.69) is 15.0 Å². The zero-order chi connectivity index (χ0) is 22.4. The Morgan fingerprint density at radius 3 is 2.42 bits per heavy atom. The molecule has 0 atom stereocenters. The Labute approximate surface area is 176 Å². The maximum atomic E-state index is 13.1. The number of aromatic nitrogens is 1. The molecule has 1 aromatic carbocycles. The number of benzene rings is 1. The van der Waals surface area contributed by atoms with Crippen molar-refractivity contribution in [3.05, 3.63) is 48.2 Å². The number of hydrogen-bond acceptors (Lipinski definition) is 5. The number of nitrogens with one attached hydrogen (secondary N) is 1. The summed E-state index contributed by atoms with van der Waals surface area (Å²) in [5, 5.41) is 3.20. The number of anilines is 2. The van der Waals surface area contributed by atoms with E-state index in [9.17, 15) is 22.8 Å². The van der Waals surface area contributed by atoms with Gasteiger partial charge in [0.2, 0.25) is 0 Å². The number of halogens is 3. The van der Waals surface area contributed by atoms with Gasteiger partial charge in [-0.2, -0.15) is 0 Å². The summed E-state index contributed by atoms with van der Waals surface area (Å²) in [6.45, 7) is 4.20. The van der Waals surface area contributed by atoms with E-state index in [1.165, 1.54) is 17.0 Å². The number of urea groups is 1. The predicted octanol–water partition coefficient (Wildman–Crippen LogP) is 4.30. The van der Waals surface area contributed by atoms with Crippen molar-refractivity contribution in [2.75, 3.05) is 10.2 Å². The van der Waals surface area contributed by atoms with Crippen molar-refractivity contribution in [3.63, 3.8) is 0 Å². The number of carbonyl (C=O) groups is 2. The van der Waals surface area contributed by atoms with Crippen molar-refractivity contribution in [2.45, 2.75) is 51.2 Å². The molecule has 31 heavy (non-hydrogen) atoms. The van der Waals surface area contributed by atoms with Crippen LogP contribution in [0.5, 0.6) is 5.75 Å². The normalized spacial score (nSPS) is 17.6. The summed E-state index contributed by atoms with van der Waals surface area (Å²) in [5.74, 6) is -0.112. The van der Waals surface area contributed by atoms with Crippen LogP contribution in [0.1, 0.15) is 32.3 Å². The van der Waals surface area contributed by atoms with Crippen LogP contribution in [0.2, 0.25) is 0 Å².